The second-order valence-electron chi connectivity index (χ2n) is 7.23. The number of rotatable bonds is 3. The molecular formula is C18H24FN5O. The molecule has 0 bridgehead atoms. The summed E-state index contributed by atoms with van der Waals surface area (Å²) in [7, 11) is 2.09. The Morgan fingerprint density at radius 3 is 2.52 bits per heavy atom. The Balaban J connectivity index is 2.05. The molecule has 1 saturated heterocycles. The van der Waals surface area contributed by atoms with Crippen LogP contribution in [-0.2, 0) is 0 Å². The molecule has 7 heteroatoms. The minimum Gasteiger partial charge on any atom is -0.366 e. The van der Waals surface area contributed by atoms with Gasteiger partial charge in [-0.3, -0.25) is 4.79 Å². The first-order chi connectivity index (χ1) is 11.7. The zero-order valence-electron chi connectivity index (χ0n) is 14.8. The predicted molar refractivity (Wildman–Crippen MR) is 97.4 cm³/mol. The monoisotopic (exact) mass is 345 g/mol. The maximum Gasteiger partial charge on any atom is 0.250 e. The number of anilines is 2. The van der Waals surface area contributed by atoms with Crippen molar-refractivity contribution in [1.82, 2.24) is 4.90 Å². The molecule has 0 aromatic heterocycles. The average Bonchev–Trinajstić information content (AvgIpc) is 2.91. The SMILES string of the molecule is CC(=N)/C(=C1/Nc2cc(F)cc(C(N)=O)c2N1)C1(C)CCN(C)CC1. The second kappa shape index (κ2) is 6.15. The normalized spacial score (nSPS) is 21.1. The highest BCUT2D eigenvalue weighted by Gasteiger charge is 2.37. The molecule has 2 aliphatic heterocycles. The number of primary amides is 1. The van der Waals surface area contributed by atoms with Gasteiger partial charge >= 0.3 is 0 Å². The maximum absolute atomic E-state index is 13.8. The molecule has 2 aliphatic rings. The summed E-state index contributed by atoms with van der Waals surface area (Å²) in [6, 6.07) is 2.46. The van der Waals surface area contributed by atoms with E-state index < -0.39 is 11.7 Å². The number of allylic oxidation sites excluding steroid dienone is 1. The summed E-state index contributed by atoms with van der Waals surface area (Å²) in [6.45, 7) is 5.82. The fourth-order valence-corrected chi connectivity index (χ4v) is 3.75. The molecule has 1 aromatic rings. The van der Waals surface area contributed by atoms with E-state index >= 15 is 0 Å². The highest BCUT2D eigenvalue weighted by molar-refractivity contribution is 6.05. The van der Waals surface area contributed by atoms with E-state index in [0.717, 1.165) is 37.6 Å². The number of benzene rings is 1. The molecule has 134 valence electrons. The van der Waals surface area contributed by atoms with Gasteiger partial charge in [0, 0.05) is 16.7 Å². The van der Waals surface area contributed by atoms with Crippen LogP contribution in [0, 0.1) is 16.6 Å². The van der Waals surface area contributed by atoms with Crippen LogP contribution in [-0.4, -0.2) is 36.7 Å². The third-order valence-electron chi connectivity index (χ3n) is 5.20. The number of nitrogens with zero attached hydrogens (tertiary/aromatic N) is 1. The van der Waals surface area contributed by atoms with Gasteiger partial charge in [0.25, 0.3) is 5.91 Å². The summed E-state index contributed by atoms with van der Waals surface area (Å²) in [5.41, 5.74) is 7.59. The fourth-order valence-electron chi connectivity index (χ4n) is 3.75. The summed E-state index contributed by atoms with van der Waals surface area (Å²) >= 11 is 0. The van der Waals surface area contributed by atoms with Gasteiger partial charge in [-0.25, -0.2) is 4.39 Å². The number of carbonyl (C=O) groups is 1. The van der Waals surface area contributed by atoms with E-state index in [0.29, 0.717) is 22.9 Å². The Bertz CT molecular complexity index is 778. The molecule has 1 amide bonds. The highest BCUT2D eigenvalue weighted by atomic mass is 19.1. The highest BCUT2D eigenvalue weighted by Crippen LogP contribution is 2.43. The van der Waals surface area contributed by atoms with Crippen LogP contribution in [0.15, 0.2) is 23.5 Å². The maximum atomic E-state index is 13.8. The van der Waals surface area contributed by atoms with E-state index in [1.165, 1.54) is 6.07 Å². The number of halogens is 1. The number of hydrogen-bond acceptors (Lipinski definition) is 5. The lowest BCUT2D eigenvalue weighted by Gasteiger charge is -2.40. The molecular weight excluding hydrogens is 321 g/mol. The zero-order valence-corrected chi connectivity index (χ0v) is 14.8. The molecule has 1 aromatic carbocycles. The van der Waals surface area contributed by atoms with Crippen molar-refractivity contribution in [2.45, 2.75) is 26.7 Å². The number of nitrogens with one attached hydrogen (secondary N) is 3. The molecule has 0 spiro atoms. The number of carbonyl (C=O) groups excluding carboxylic acids is 1. The Morgan fingerprint density at radius 1 is 1.32 bits per heavy atom. The van der Waals surface area contributed by atoms with Crippen molar-refractivity contribution in [3.63, 3.8) is 0 Å². The van der Waals surface area contributed by atoms with Crippen LogP contribution in [0.5, 0.6) is 0 Å². The van der Waals surface area contributed by atoms with Crippen LogP contribution in [0.2, 0.25) is 0 Å². The van der Waals surface area contributed by atoms with Crippen LogP contribution < -0.4 is 16.4 Å². The first-order valence-corrected chi connectivity index (χ1v) is 8.37. The molecule has 0 unspecified atom stereocenters. The molecule has 1 fully saturated rings. The molecule has 3 rings (SSSR count). The standard InChI is InChI=1S/C18H24FN5O/c1-10(20)14(18(2)4-6-24(3)7-5-18)17-22-13-9-11(19)8-12(16(21)25)15(13)23-17/h8-9,20,22-23H,4-7H2,1-3H3,(H2,21,25)/b17-14+,20-10?. The molecule has 0 saturated carbocycles. The fraction of sp³-hybridized carbons (Fsp3) is 0.444. The van der Waals surface area contributed by atoms with Crippen LogP contribution in [0.4, 0.5) is 15.8 Å². The van der Waals surface area contributed by atoms with Crippen molar-refractivity contribution in [3.8, 4) is 0 Å². The molecule has 25 heavy (non-hydrogen) atoms. The van der Waals surface area contributed by atoms with E-state index in [9.17, 15) is 9.18 Å². The molecule has 0 aliphatic carbocycles. The van der Waals surface area contributed by atoms with Crippen LogP contribution in [0.1, 0.15) is 37.0 Å². The zero-order chi connectivity index (χ0) is 18.4. The Hall–Kier alpha value is -2.41. The lowest BCUT2D eigenvalue weighted by Crippen LogP contribution is -2.39. The molecule has 0 atom stereocenters. The number of hydrogen-bond donors (Lipinski definition) is 4. The number of amides is 1. The lowest BCUT2D eigenvalue weighted by molar-refractivity contribution is 0.100. The van der Waals surface area contributed by atoms with Crippen molar-refractivity contribution in [1.29, 1.82) is 5.41 Å². The van der Waals surface area contributed by atoms with E-state index in [-0.39, 0.29) is 11.0 Å². The Kier molecular flexibility index (Phi) is 4.28. The van der Waals surface area contributed by atoms with Gasteiger partial charge < -0.3 is 26.7 Å². The van der Waals surface area contributed by atoms with Crippen molar-refractivity contribution < 1.29 is 9.18 Å². The van der Waals surface area contributed by atoms with Crippen molar-refractivity contribution in [3.05, 3.63) is 34.9 Å². The second-order valence-corrected chi connectivity index (χ2v) is 7.23. The van der Waals surface area contributed by atoms with Crippen LogP contribution >= 0.6 is 0 Å². The number of nitrogens with two attached hydrogens (primary N) is 1. The van der Waals surface area contributed by atoms with Gasteiger partial charge in [0.15, 0.2) is 0 Å². The van der Waals surface area contributed by atoms with Crippen LogP contribution in [0.25, 0.3) is 0 Å². The van der Waals surface area contributed by atoms with Gasteiger partial charge in [-0.05, 0) is 52.0 Å². The smallest absolute Gasteiger partial charge is 0.250 e. The summed E-state index contributed by atoms with van der Waals surface area (Å²) in [6.07, 6.45) is 1.85. The molecule has 5 N–H and O–H groups in total. The Labute approximate surface area is 146 Å². The molecule has 0 radical (unpaired) electrons. The van der Waals surface area contributed by atoms with E-state index in [4.69, 9.17) is 11.1 Å². The largest absolute Gasteiger partial charge is 0.366 e. The van der Waals surface area contributed by atoms with Crippen LogP contribution in [0.3, 0.4) is 0 Å². The summed E-state index contributed by atoms with van der Waals surface area (Å²) in [5.74, 6) is -0.575. The van der Waals surface area contributed by atoms with E-state index in [1.807, 2.05) is 0 Å². The number of likely N-dealkylation sites (tertiary alicyclic amines) is 1. The van der Waals surface area contributed by atoms with Crippen molar-refractivity contribution in [2.24, 2.45) is 11.1 Å². The van der Waals surface area contributed by atoms with Gasteiger partial charge in [0.2, 0.25) is 0 Å². The average molecular weight is 345 g/mol. The van der Waals surface area contributed by atoms with Gasteiger partial charge in [0.05, 0.1) is 16.9 Å². The van der Waals surface area contributed by atoms with Gasteiger partial charge in [-0.1, -0.05) is 6.92 Å². The first-order valence-electron chi connectivity index (χ1n) is 8.37. The summed E-state index contributed by atoms with van der Waals surface area (Å²) in [5, 5.41) is 14.6. The first kappa shape index (κ1) is 17.4. The third-order valence-corrected chi connectivity index (χ3v) is 5.20. The number of fused-ring (bicyclic) bond motifs is 1. The minimum atomic E-state index is -0.690. The summed E-state index contributed by atoms with van der Waals surface area (Å²) in [4.78, 5) is 13.9. The van der Waals surface area contributed by atoms with Crippen molar-refractivity contribution in [2.75, 3.05) is 30.8 Å². The van der Waals surface area contributed by atoms with Crippen molar-refractivity contribution >= 4 is 23.0 Å². The third kappa shape index (κ3) is 3.11. The van der Waals surface area contributed by atoms with Gasteiger partial charge in [-0.15, -0.1) is 0 Å². The predicted octanol–water partition coefficient (Wildman–Crippen LogP) is 2.75. The van der Waals surface area contributed by atoms with Gasteiger partial charge in [0.1, 0.15) is 11.6 Å². The topological polar surface area (TPSA) is 94.2 Å². The molecule has 2 heterocycles. The summed E-state index contributed by atoms with van der Waals surface area (Å²) < 4.78 is 13.8. The molecule has 6 nitrogen and oxygen atoms in total. The lowest BCUT2D eigenvalue weighted by atomic mass is 9.72. The minimum absolute atomic E-state index is 0.105. The number of piperidine rings is 1. The Morgan fingerprint density at radius 2 is 1.96 bits per heavy atom. The quantitative estimate of drug-likeness (QED) is 0.634. The van der Waals surface area contributed by atoms with E-state index in [2.05, 4.69) is 29.5 Å². The van der Waals surface area contributed by atoms with Gasteiger partial charge in [-0.2, -0.15) is 0 Å². The van der Waals surface area contributed by atoms with E-state index in [1.54, 1.807) is 6.92 Å².